The van der Waals surface area contributed by atoms with Crippen molar-refractivity contribution in [2.45, 2.75) is 72.5 Å². The fourth-order valence-corrected chi connectivity index (χ4v) is 2.19. The monoisotopic (exact) mass is 228 g/mol. The van der Waals surface area contributed by atoms with E-state index in [-0.39, 0.29) is 0 Å². The predicted molar refractivity (Wildman–Crippen MR) is 73.9 cm³/mol. The van der Waals surface area contributed by atoms with Gasteiger partial charge in [-0.05, 0) is 39.3 Å². The summed E-state index contributed by atoms with van der Waals surface area (Å²) in [4.78, 5) is 2.55. The summed E-state index contributed by atoms with van der Waals surface area (Å²) in [5.74, 6) is 0.702. The third-order valence-electron chi connectivity index (χ3n) is 3.83. The van der Waals surface area contributed by atoms with Crippen molar-refractivity contribution in [3.8, 4) is 0 Å². The van der Waals surface area contributed by atoms with Gasteiger partial charge in [-0.2, -0.15) is 0 Å². The van der Waals surface area contributed by atoms with E-state index >= 15 is 0 Å². The van der Waals surface area contributed by atoms with Crippen LogP contribution < -0.4 is 5.32 Å². The van der Waals surface area contributed by atoms with Gasteiger partial charge in [-0.3, -0.25) is 0 Å². The van der Waals surface area contributed by atoms with Gasteiger partial charge in [0.05, 0.1) is 0 Å². The molecular weight excluding hydrogens is 196 g/mol. The van der Waals surface area contributed by atoms with E-state index in [9.17, 15) is 0 Å². The molecule has 2 unspecified atom stereocenters. The van der Waals surface area contributed by atoms with Crippen LogP contribution in [-0.4, -0.2) is 36.6 Å². The van der Waals surface area contributed by atoms with Crippen LogP contribution in [0.25, 0.3) is 0 Å². The lowest BCUT2D eigenvalue weighted by atomic mass is 9.99. The zero-order valence-electron chi connectivity index (χ0n) is 12.4. The summed E-state index contributed by atoms with van der Waals surface area (Å²) in [7, 11) is 2.27. The molecule has 0 radical (unpaired) electrons. The van der Waals surface area contributed by atoms with Crippen LogP contribution in [-0.2, 0) is 0 Å². The molecular formula is C14H32N2. The first-order valence-corrected chi connectivity index (χ1v) is 6.89. The highest BCUT2D eigenvalue weighted by Gasteiger charge is 2.21. The van der Waals surface area contributed by atoms with Crippen molar-refractivity contribution >= 4 is 0 Å². The molecule has 1 N–H and O–H groups in total. The van der Waals surface area contributed by atoms with Crippen LogP contribution >= 0.6 is 0 Å². The van der Waals surface area contributed by atoms with Gasteiger partial charge in [0.25, 0.3) is 0 Å². The van der Waals surface area contributed by atoms with Gasteiger partial charge in [-0.1, -0.05) is 34.6 Å². The van der Waals surface area contributed by atoms with Gasteiger partial charge >= 0.3 is 0 Å². The van der Waals surface area contributed by atoms with Crippen molar-refractivity contribution < 1.29 is 0 Å². The van der Waals surface area contributed by atoms with Crippen LogP contribution in [0.3, 0.4) is 0 Å². The third kappa shape index (κ3) is 5.31. The maximum Gasteiger partial charge on any atom is 0.0104 e. The van der Waals surface area contributed by atoms with E-state index in [1.54, 1.807) is 0 Å². The summed E-state index contributed by atoms with van der Waals surface area (Å²) in [6.45, 7) is 14.8. The summed E-state index contributed by atoms with van der Waals surface area (Å²) in [5, 5.41) is 3.53. The van der Waals surface area contributed by atoms with Gasteiger partial charge < -0.3 is 10.2 Å². The molecule has 0 heterocycles. The average molecular weight is 228 g/mol. The summed E-state index contributed by atoms with van der Waals surface area (Å²) >= 11 is 0. The highest BCUT2D eigenvalue weighted by Crippen LogP contribution is 2.15. The van der Waals surface area contributed by atoms with E-state index < -0.39 is 0 Å². The lowest BCUT2D eigenvalue weighted by Gasteiger charge is -2.36. The van der Waals surface area contributed by atoms with Crippen LogP contribution in [0.5, 0.6) is 0 Å². The minimum absolute atomic E-state index is 0.591. The van der Waals surface area contributed by atoms with Gasteiger partial charge in [-0.25, -0.2) is 0 Å². The van der Waals surface area contributed by atoms with Crippen LogP contribution in [0.2, 0.25) is 0 Å². The average Bonchev–Trinajstić information content (AvgIpc) is 2.26. The largest absolute Gasteiger partial charge is 0.314 e. The molecule has 0 rings (SSSR count). The second-order valence-corrected chi connectivity index (χ2v) is 5.42. The summed E-state index contributed by atoms with van der Waals surface area (Å²) < 4.78 is 0. The standard InChI is InChI=1S/C14H32N2/c1-8-14(9-2)16(7)13(6)12(5)10-15-11(3)4/h11-15H,8-10H2,1-7H3. The molecule has 0 aromatic carbocycles. The molecule has 0 aromatic heterocycles. The molecule has 0 spiro atoms. The number of rotatable bonds is 8. The first-order chi connectivity index (χ1) is 7.43. The van der Waals surface area contributed by atoms with Crippen molar-refractivity contribution in [3.63, 3.8) is 0 Å². The molecule has 0 fully saturated rings. The normalized spacial score (nSPS) is 16.1. The topological polar surface area (TPSA) is 15.3 Å². The molecule has 0 aliphatic rings. The van der Waals surface area contributed by atoms with E-state index in [0.29, 0.717) is 18.0 Å². The fourth-order valence-electron chi connectivity index (χ4n) is 2.19. The molecule has 0 aliphatic heterocycles. The van der Waals surface area contributed by atoms with E-state index in [0.717, 1.165) is 12.6 Å². The van der Waals surface area contributed by atoms with Crippen molar-refractivity contribution in [3.05, 3.63) is 0 Å². The van der Waals surface area contributed by atoms with Gasteiger partial charge in [0.2, 0.25) is 0 Å². The first kappa shape index (κ1) is 15.9. The van der Waals surface area contributed by atoms with Crippen LogP contribution in [0, 0.1) is 5.92 Å². The lowest BCUT2D eigenvalue weighted by Crippen LogP contribution is -2.44. The Hall–Kier alpha value is -0.0800. The molecule has 0 saturated carbocycles. The zero-order chi connectivity index (χ0) is 12.7. The summed E-state index contributed by atoms with van der Waals surface area (Å²) in [6, 6.07) is 1.97. The summed E-state index contributed by atoms with van der Waals surface area (Å²) in [5.41, 5.74) is 0. The molecule has 0 amide bonds. The van der Waals surface area contributed by atoms with Crippen LogP contribution in [0.1, 0.15) is 54.4 Å². The summed E-state index contributed by atoms with van der Waals surface area (Å²) in [6.07, 6.45) is 2.50. The molecule has 2 heteroatoms. The Bertz CT molecular complexity index is 164. The molecule has 2 atom stereocenters. The Kier molecular flexibility index (Phi) is 8.04. The highest BCUT2D eigenvalue weighted by molar-refractivity contribution is 4.77. The third-order valence-corrected chi connectivity index (χ3v) is 3.83. The Morgan fingerprint density at radius 3 is 1.88 bits per heavy atom. The quantitative estimate of drug-likeness (QED) is 0.686. The number of hydrogen-bond acceptors (Lipinski definition) is 2. The Morgan fingerprint density at radius 1 is 1.00 bits per heavy atom. The van der Waals surface area contributed by atoms with Crippen LogP contribution in [0.15, 0.2) is 0 Å². The van der Waals surface area contributed by atoms with Gasteiger partial charge in [-0.15, -0.1) is 0 Å². The molecule has 0 aliphatic carbocycles. The molecule has 2 nitrogen and oxygen atoms in total. The SMILES string of the molecule is CCC(CC)N(C)C(C)C(C)CNC(C)C. The first-order valence-electron chi connectivity index (χ1n) is 6.89. The van der Waals surface area contributed by atoms with E-state index in [4.69, 9.17) is 0 Å². The molecule has 98 valence electrons. The molecule has 16 heavy (non-hydrogen) atoms. The maximum atomic E-state index is 3.53. The van der Waals surface area contributed by atoms with Crippen molar-refractivity contribution in [2.75, 3.05) is 13.6 Å². The predicted octanol–water partition coefficient (Wildman–Crippen LogP) is 3.13. The van der Waals surface area contributed by atoms with E-state index in [1.165, 1.54) is 12.8 Å². The second kappa shape index (κ2) is 8.08. The number of nitrogens with one attached hydrogen (secondary N) is 1. The van der Waals surface area contributed by atoms with E-state index in [1.807, 2.05) is 0 Å². The van der Waals surface area contributed by atoms with Crippen molar-refractivity contribution in [1.82, 2.24) is 10.2 Å². The molecule has 0 aromatic rings. The van der Waals surface area contributed by atoms with Gasteiger partial charge in [0.1, 0.15) is 0 Å². The van der Waals surface area contributed by atoms with Crippen LogP contribution in [0.4, 0.5) is 0 Å². The number of hydrogen-bond donors (Lipinski definition) is 1. The van der Waals surface area contributed by atoms with E-state index in [2.05, 4.69) is 58.8 Å². The highest BCUT2D eigenvalue weighted by atomic mass is 15.2. The Balaban J connectivity index is 4.14. The molecule has 0 saturated heterocycles. The Morgan fingerprint density at radius 2 is 1.50 bits per heavy atom. The smallest absolute Gasteiger partial charge is 0.0104 e. The Labute approximate surface area is 103 Å². The molecule has 0 bridgehead atoms. The number of nitrogens with zero attached hydrogens (tertiary/aromatic N) is 1. The zero-order valence-corrected chi connectivity index (χ0v) is 12.4. The van der Waals surface area contributed by atoms with Crippen molar-refractivity contribution in [1.29, 1.82) is 0 Å². The van der Waals surface area contributed by atoms with Crippen molar-refractivity contribution in [2.24, 2.45) is 5.92 Å². The minimum atomic E-state index is 0.591. The fraction of sp³-hybridized carbons (Fsp3) is 1.00. The van der Waals surface area contributed by atoms with Gasteiger partial charge in [0.15, 0.2) is 0 Å². The maximum absolute atomic E-state index is 3.53. The minimum Gasteiger partial charge on any atom is -0.314 e. The lowest BCUT2D eigenvalue weighted by molar-refractivity contribution is 0.132. The van der Waals surface area contributed by atoms with Gasteiger partial charge in [0, 0.05) is 18.1 Å². The second-order valence-electron chi connectivity index (χ2n) is 5.42.